The summed E-state index contributed by atoms with van der Waals surface area (Å²) in [5, 5.41) is 3.21. The van der Waals surface area contributed by atoms with Gasteiger partial charge in [-0.05, 0) is 45.4 Å². The molecule has 26 heavy (non-hydrogen) atoms. The number of likely N-dealkylation sites (tertiary alicyclic amines) is 1. The van der Waals surface area contributed by atoms with E-state index in [0.717, 1.165) is 58.5 Å². The predicted molar refractivity (Wildman–Crippen MR) is 101 cm³/mol. The Bertz CT molecular complexity index is 531. The molecule has 4 heterocycles. The molecule has 4 saturated heterocycles. The van der Waals surface area contributed by atoms with Crippen LogP contribution in [-0.2, 0) is 14.3 Å². The Balaban J connectivity index is 1.30. The summed E-state index contributed by atoms with van der Waals surface area (Å²) in [6.07, 6.45) is 11.8. The number of amides is 1. The number of hydrogen-bond donors (Lipinski definition) is 1. The van der Waals surface area contributed by atoms with Crippen LogP contribution < -0.4 is 5.32 Å². The molecule has 0 saturated carbocycles. The highest BCUT2D eigenvalue weighted by Crippen LogP contribution is 2.55. The lowest BCUT2D eigenvalue weighted by atomic mass is 9.73. The standard InChI is InChI=1S/C21H34N2O3/c1-2-3-4-5-6-20(24)22-13-17-18-14-23(16-8-11-25-12-9-16)15-21(18)10-7-19(17)26-21/h2-3,16-19H,4-15H2,1H3,(H,22,24)/b3-2+/t17-,18+,19+,21+/m0/s1. The Labute approximate surface area is 157 Å². The van der Waals surface area contributed by atoms with Crippen molar-refractivity contribution in [2.75, 3.05) is 32.8 Å². The number of fused-ring (bicyclic) bond motifs is 1. The molecule has 0 radical (unpaired) electrons. The largest absolute Gasteiger partial charge is 0.381 e. The van der Waals surface area contributed by atoms with Gasteiger partial charge in [0.2, 0.25) is 5.91 Å². The third-order valence-corrected chi connectivity index (χ3v) is 7.06. The van der Waals surface area contributed by atoms with Gasteiger partial charge in [0.1, 0.15) is 0 Å². The van der Waals surface area contributed by atoms with Gasteiger partial charge in [-0.2, -0.15) is 0 Å². The average Bonchev–Trinajstić information content (AvgIpc) is 3.33. The van der Waals surface area contributed by atoms with Gasteiger partial charge in [0.15, 0.2) is 0 Å². The van der Waals surface area contributed by atoms with E-state index >= 15 is 0 Å². The molecule has 0 aromatic rings. The molecule has 0 aromatic heterocycles. The molecule has 1 spiro atoms. The van der Waals surface area contributed by atoms with E-state index in [9.17, 15) is 4.79 Å². The first-order valence-corrected chi connectivity index (χ1v) is 10.6. The smallest absolute Gasteiger partial charge is 0.220 e. The molecule has 0 aliphatic carbocycles. The number of carbonyl (C=O) groups excluding carboxylic acids is 1. The van der Waals surface area contributed by atoms with Crippen molar-refractivity contribution in [2.24, 2.45) is 11.8 Å². The van der Waals surface area contributed by atoms with Crippen LogP contribution in [0.4, 0.5) is 0 Å². The van der Waals surface area contributed by atoms with E-state index < -0.39 is 0 Å². The van der Waals surface area contributed by atoms with Gasteiger partial charge in [-0.25, -0.2) is 0 Å². The van der Waals surface area contributed by atoms with Gasteiger partial charge in [0, 0.05) is 57.1 Å². The predicted octanol–water partition coefficient (Wildman–Crippen LogP) is 2.51. The Hall–Kier alpha value is -0.910. The Morgan fingerprint density at radius 1 is 1.31 bits per heavy atom. The van der Waals surface area contributed by atoms with Crippen molar-refractivity contribution < 1.29 is 14.3 Å². The van der Waals surface area contributed by atoms with Gasteiger partial charge < -0.3 is 14.8 Å². The molecule has 1 N–H and O–H groups in total. The molecule has 2 bridgehead atoms. The van der Waals surface area contributed by atoms with Gasteiger partial charge in [0.25, 0.3) is 0 Å². The number of rotatable bonds is 7. The van der Waals surface area contributed by atoms with Crippen molar-refractivity contribution in [1.29, 1.82) is 0 Å². The SMILES string of the molecule is C/C=C/CCCC(=O)NC[C@H]1[C@H]2CN(C3CCOCC3)C[C@]23CC[C@H]1O3. The molecule has 4 fully saturated rings. The third-order valence-electron chi connectivity index (χ3n) is 7.06. The fourth-order valence-electron chi connectivity index (χ4n) is 5.70. The van der Waals surface area contributed by atoms with Crippen LogP contribution in [-0.4, -0.2) is 61.4 Å². The van der Waals surface area contributed by atoms with Crippen molar-refractivity contribution in [1.82, 2.24) is 10.2 Å². The molecule has 0 unspecified atom stereocenters. The fourth-order valence-corrected chi connectivity index (χ4v) is 5.70. The molecule has 4 atom stereocenters. The quantitative estimate of drug-likeness (QED) is 0.558. The van der Waals surface area contributed by atoms with E-state index in [1.807, 2.05) is 13.0 Å². The van der Waals surface area contributed by atoms with Gasteiger partial charge >= 0.3 is 0 Å². The van der Waals surface area contributed by atoms with E-state index in [1.165, 1.54) is 12.8 Å². The van der Waals surface area contributed by atoms with Crippen molar-refractivity contribution in [3.8, 4) is 0 Å². The first-order chi connectivity index (χ1) is 12.7. The molecule has 0 aromatic carbocycles. The lowest BCUT2D eigenvalue weighted by Gasteiger charge is -2.32. The van der Waals surface area contributed by atoms with E-state index in [-0.39, 0.29) is 11.5 Å². The van der Waals surface area contributed by atoms with Crippen LogP contribution >= 0.6 is 0 Å². The number of nitrogens with zero attached hydrogens (tertiary/aromatic N) is 1. The summed E-state index contributed by atoms with van der Waals surface area (Å²) < 4.78 is 12.1. The van der Waals surface area contributed by atoms with Gasteiger partial charge in [-0.15, -0.1) is 0 Å². The number of unbranched alkanes of at least 4 members (excludes halogenated alkanes) is 1. The number of carbonyl (C=O) groups is 1. The summed E-state index contributed by atoms with van der Waals surface area (Å²) in [6, 6.07) is 0.660. The monoisotopic (exact) mass is 362 g/mol. The first kappa shape index (κ1) is 18.5. The molecule has 146 valence electrons. The number of ether oxygens (including phenoxy) is 2. The van der Waals surface area contributed by atoms with Crippen LogP contribution in [0, 0.1) is 11.8 Å². The minimum atomic E-state index is 0.0737. The zero-order valence-electron chi connectivity index (χ0n) is 16.1. The normalized spacial score (nSPS) is 37.5. The van der Waals surface area contributed by atoms with Gasteiger partial charge in [0.05, 0.1) is 11.7 Å². The van der Waals surface area contributed by atoms with Crippen LogP contribution in [0.2, 0.25) is 0 Å². The summed E-state index contributed by atoms with van der Waals surface area (Å²) in [4.78, 5) is 14.8. The van der Waals surface area contributed by atoms with E-state index in [1.54, 1.807) is 0 Å². The molecule has 5 heteroatoms. The fraction of sp³-hybridized carbons (Fsp3) is 0.857. The third kappa shape index (κ3) is 3.58. The second-order valence-electron chi connectivity index (χ2n) is 8.57. The molecule has 4 aliphatic heterocycles. The highest BCUT2D eigenvalue weighted by Gasteiger charge is 2.63. The summed E-state index contributed by atoms with van der Waals surface area (Å²) in [7, 11) is 0. The number of nitrogens with one attached hydrogen (secondary N) is 1. The van der Waals surface area contributed by atoms with Crippen molar-refractivity contribution in [2.45, 2.75) is 69.6 Å². The summed E-state index contributed by atoms with van der Waals surface area (Å²) in [5.74, 6) is 1.28. The van der Waals surface area contributed by atoms with E-state index in [4.69, 9.17) is 9.47 Å². The summed E-state index contributed by atoms with van der Waals surface area (Å²) in [6.45, 7) is 6.84. The zero-order chi connectivity index (χ0) is 18.0. The summed E-state index contributed by atoms with van der Waals surface area (Å²) in [5.41, 5.74) is 0.0737. The molecular formula is C21H34N2O3. The Morgan fingerprint density at radius 2 is 2.15 bits per heavy atom. The second-order valence-corrected chi connectivity index (χ2v) is 8.57. The molecule has 5 nitrogen and oxygen atoms in total. The number of allylic oxidation sites excluding steroid dienone is 2. The van der Waals surface area contributed by atoms with E-state index in [2.05, 4.69) is 16.3 Å². The highest BCUT2D eigenvalue weighted by atomic mass is 16.5. The van der Waals surface area contributed by atoms with Crippen LogP contribution in [0.3, 0.4) is 0 Å². The lowest BCUT2D eigenvalue weighted by molar-refractivity contribution is -0.121. The molecule has 4 rings (SSSR count). The molecule has 1 amide bonds. The topological polar surface area (TPSA) is 50.8 Å². The van der Waals surface area contributed by atoms with Crippen LogP contribution in [0.15, 0.2) is 12.2 Å². The first-order valence-electron chi connectivity index (χ1n) is 10.6. The highest BCUT2D eigenvalue weighted by molar-refractivity contribution is 5.75. The lowest BCUT2D eigenvalue weighted by Crippen LogP contribution is -2.41. The van der Waals surface area contributed by atoms with Crippen LogP contribution in [0.5, 0.6) is 0 Å². The van der Waals surface area contributed by atoms with Gasteiger partial charge in [-0.1, -0.05) is 12.2 Å². The van der Waals surface area contributed by atoms with Crippen molar-refractivity contribution in [3.05, 3.63) is 12.2 Å². The van der Waals surface area contributed by atoms with Gasteiger partial charge in [-0.3, -0.25) is 9.69 Å². The molecular weight excluding hydrogens is 328 g/mol. The minimum Gasteiger partial charge on any atom is -0.381 e. The second kappa shape index (κ2) is 7.99. The zero-order valence-corrected chi connectivity index (χ0v) is 16.1. The number of hydrogen-bond acceptors (Lipinski definition) is 4. The van der Waals surface area contributed by atoms with E-state index in [0.29, 0.717) is 30.4 Å². The Kier molecular flexibility index (Phi) is 5.67. The van der Waals surface area contributed by atoms with Crippen molar-refractivity contribution >= 4 is 5.91 Å². The van der Waals surface area contributed by atoms with Crippen molar-refractivity contribution in [3.63, 3.8) is 0 Å². The maximum atomic E-state index is 12.2. The van der Waals surface area contributed by atoms with Crippen LogP contribution in [0.1, 0.15) is 51.9 Å². The maximum absolute atomic E-state index is 12.2. The van der Waals surface area contributed by atoms with Crippen LogP contribution in [0.25, 0.3) is 0 Å². The molecule has 4 aliphatic rings. The minimum absolute atomic E-state index is 0.0737. The maximum Gasteiger partial charge on any atom is 0.220 e. The Morgan fingerprint density at radius 3 is 2.96 bits per heavy atom. The summed E-state index contributed by atoms with van der Waals surface area (Å²) >= 11 is 0. The average molecular weight is 363 g/mol.